The monoisotopic (exact) mass is 197 g/mol. The fraction of sp³-hybridized carbons (Fsp3) is 0.571. The van der Waals surface area contributed by atoms with Crippen LogP contribution >= 0.6 is 0 Å². The molecule has 0 radical (unpaired) electrons. The van der Waals surface area contributed by atoms with Crippen LogP contribution in [0.1, 0.15) is 6.92 Å². The molecule has 13 heavy (non-hydrogen) atoms. The fourth-order valence-corrected chi connectivity index (χ4v) is 0.800. The molecule has 1 unspecified atom stereocenters. The highest BCUT2D eigenvalue weighted by Crippen LogP contribution is 2.17. The molecule has 3 nitrogen and oxygen atoms in total. The van der Waals surface area contributed by atoms with Gasteiger partial charge in [-0.1, -0.05) is 0 Å². The first-order chi connectivity index (χ1) is 5.91. The van der Waals surface area contributed by atoms with Crippen LogP contribution in [0.5, 0.6) is 0 Å². The Morgan fingerprint density at radius 2 is 1.85 bits per heavy atom. The van der Waals surface area contributed by atoms with E-state index in [4.69, 9.17) is 5.11 Å². The number of carbonyl (C=O) groups is 1. The van der Waals surface area contributed by atoms with Gasteiger partial charge in [-0.25, -0.2) is 18.0 Å². The van der Waals surface area contributed by atoms with Crippen molar-refractivity contribution in [1.29, 1.82) is 0 Å². The summed E-state index contributed by atoms with van der Waals surface area (Å²) in [6, 6.07) is 0. The van der Waals surface area contributed by atoms with Crippen LogP contribution in [0.15, 0.2) is 11.3 Å². The number of likely N-dealkylation sites (N-methyl/N-ethyl adjacent to an activating group) is 1. The third kappa shape index (κ3) is 2.96. The van der Waals surface area contributed by atoms with Gasteiger partial charge in [0.05, 0.1) is 0 Å². The smallest absolute Gasteiger partial charge is 0.351 e. The summed E-state index contributed by atoms with van der Waals surface area (Å²) in [4.78, 5) is 10.4. The van der Waals surface area contributed by atoms with E-state index in [2.05, 4.69) is 5.32 Å². The highest BCUT2D eigenvalue weighted by atomic mass is 19.3. The molecule has 0 bridgehead atoms. The lowest BCUT2D eigenvalue weighted by Gasteiger charge is -2.11. The zero-order chi connectivity index (χ0) is 10.6. The Bertz CT molecular complexity index is 228. The Hall–Kier alpha value is -1.20. The number of aliphatic carboxylic acids is 1. The van der Waals surface area contributed by atoms with Crippen LogP contribution in [0, 0.1) is 0 Å². The van der Waals surface area contributed by atoms with E-state index in [0.29, 0.717) is 0 Å². The van der Waals surface area contributed by atoms with Crippen LogP contribution in [0.25, 0.3) is 0 Å². The molecule has 0 fully saturated rings. The van der Waals surface area contributed by atoms with Gasteiger partial charge in [-0.15, -0.1) is 0 Å². The second-order valence-electron chi connectivity index (χ2n) is 2.35. The molecular weight excluding hydrogens is 187 g/mol. The lowest BCUT2D eigenvalue weighted by molar-refractivity contribution is -0.133. The number of hydrogen-bond donors (Lipinski definition) is 2. The van der Waals surface area contributed by atoms with Crippen molar-refractivity contribution in [2.75, 3.05) is 7.05 Å². The molecule has 0 saturated heterocycles. The molecule has 0 aliphatic heterocycles. The van der Waals surface area contributed by atoms with E-state index < -0.39 is 29.8 Å². The minimum absolute atomic E-state index is 0.509. The van der Waals surface area contributed by atoms with Crippen molar-refractivity contribution in [3.8, 4) is 0 Å². The van der Waals surface area contributed by atoms with Crippen LogP contribution in [0.4, 0.5) is 13.2 Å². The number of carboxylic acids is 1. The summed E-state index contributed by atoms with van der Waals surface area (Å²) >= 11 is 0. The molecule has 0 aliphatic carbocycles. The van der Waals surface area contributed by atoms with E-state index in [0.717, 1.165) is 6.92 Å². The number of carboxylic acid groups (broad SMARTS) is 1. The molecule has 1 atom stereocenters. The summed E-state index contributed by atoms with van der Waals surface area (Å²) in [6.07, 6.45) is -5.75. The quantitative estimate of drug-likeness (QED) is 0.665. The van der Waals surface area contributed by atoms with Crippen LogP contribution in [0.2, 0.25) is 0 Å². The SMILES string of the molecule is CNC(C(=O)O)=C(C)C(F)C(F)F. The second kappa shape index (κ2) is 4.74. The molecule has 0 spiro atoms. The van der Waals surface area contributed by atoms with Gasteiger partial charge in [0.2, 0.25) is 0 Å². The maximum atomic E-state index is 12.6. The number of rotatable bonds is 4. The molecule has 2 N–H and O–H groups in total. The molecule has 0 heterocycles. The highest BCUT2D eigenvalue weighted by molar-refractivity contribution is 5.86. The number of hydrogen-bond acceptors (Lipinski definition) is 2. The fourth-order valence-electron chi connectivity index (χ4n) is 0.800. The standard InChI is InChI=1S/C7H10F3NO2/c1-3(4(8)6(9)10)5(11-2)7(12)13/h4,6,11H,1-2H3,(H,12,13). The number of allylic oxidation sites excluding steroid dienone is 1. The van der Waals surface area contributed by atoms with Gasteiger partial charge in [-0.3, -0.25) is 0 Å². The predicted octanol–water partition coefficient (Wildman–Crippen LogP) is 1.17. The average molecular weight is 197 g/mol. The lowest BCUT2D eigenvalue weighted by Crippen LogP contribution is -2.24. The maximum Gasteiger partial charge on any atom is 0.351 e. The first kappa shape index (κ1) is 11.8. The van der Waals surface area contributed by atoms with Crippen molar-refractivity contribution in [2.45, 2.75) is 19.5 Å². The predicted molar refractivity (Wildman–Crippen MR) is 40.3 cm³/mol. The molecule has 0 aromatic rings. The Kier molecular flexibility index (Phi) is 4.30. The van der Waals surface area contributed by atoms with E-state index in [1.807, 2.05) is 0 Å². The van der Waals surface area contributed by atoms with Crippen molar-refractivity contribution in [2.24, 2.45) is 0 Å². The van der Waals surface area contributed by atoms with Gasteiger partial charge < -0.3 is 10.4 Å². The molecule has 0 aromatic heterocycles. The molecule has 0 aromatic carbocycles. The van der Waals surface area contributed by atoms with Gasteiger partial charge in [0, 0.05) is 7.05 Å². The molecule has 0 saturated carbocycles. The minimum Gasteiger partial charge on any atom is -0.477 e. The molecule has 76 valence electrons. The number of halogens is 3. The summed E-state index contributed by atoms with van der Waals surface area (Å²) in [5, 5.41) is 10.6. The van der Waals surface area contributed by atoms with Gasteiger partial charge in [-0.2, -0.15) is 0 Å². The second-order valence-corrected chi connectivity index (χ2v) is 2.35. The van der Waals surface area contributed by atoms with Gasteiger partial charge in [0.25, 0.3) is 6.43 Å². The van der Waals surface area contributed by atoms with Gasteiger partial charge in [-0.05, 0) is 12.5 Å². The first-order valence-corrected chi connectivity index (χ1v) is 3.45. The lowest BCUT2D eigenvalue weighted by atomic mass is 10.1. The van der Waals surface area contributed by atoms with E-state index in [1.54, 1.807) is 0 Å². The molecule has 6 heteroatoms. The third-order valence-electron chi connectivity index (χ3n) is 1.49. The van der Waals surface area contributed by atoms with Crippen molar-refractivity contribution in [3.63, 3.8) is 0 Å². The van der Waals surface area contributed by atoms with E-state index in [1.165, 1.54) is 7.05 Å². The van der Waals surface area contributed by atoms with Gasteiger partial charge >= 0.3 is 5.97 Å². The molecule has 0 rings (SSSR count). The zero-order valence-electron chi connectivity index (χ0n) is 7.14. The Balaban J connectivity index is 4.85. The third-order valence-corrected chi connectivity index (χ3v) is 1.49. The molecule has 0 amide bonds. The van der Waals surface area contributed by atoms with Crippen molar-refractivity contribution < 1.29 is 23.1 Å². The maximum absolute atomic E-state index is 12.6. The Morgan fingerprint density at radius 1 is 1.38 bits per heavy atom. The number of nitrogens with one attached hydrogen (secondary N) is 1. The minimum atomic E-state index is -3.21. The normalized spacial score (nSPS) is 15.2. The number of alkyl halides is 3. The van der Waals surface area contributed by atoms with Crippen LogP contribution in [-0.2, 0) is 4.79 Å². The Labute approximate surface area is 73.2 Å². The highest BCUT2D eigenvalue weighted by Gasteiger charge is 2.25. The van der Waals surface area contributed by atoms with Gasteiger partial charge in [0.1, 0.15) is 5.70 Å². The summed E-state index contributed by atoms with van der Waals surface area (Å²) in [5.74, 6) is -1.46. The van der Waals surface area contributed by atoms with E-state index >= 15 is 0 Å². The van der Waals surface area contributed by atoms with Crippen molar-refractivity contribution >= 4 is 5.97 Å². The summed E-state index contributed by atoms with van der Waals surface area (Å²) < 4.78 is 36.2. The summed E-state index contributed by atoms with van der Waals surface area (Å²) in [5.41, 5.74) is -1.04. The van der Waals surface area contributed by atoms with Crippen LogP contribution in [0.3, 0.4) is 0 Å². The van der Waals surface area contributed by atoms with Crippen molar-refractivity contribution in [3.05, 3.63) is 11.3 Å². The average Bonchev–Trinajstić information content (AvgIpc) is 2.03. The summed E-state index contributed by atoms with van der Waals surface area (Å²) in [7, 11) is 1.23. The van der Waals surface area contributed by atoms with Crippen LogP contribution < -0.4 is 5.32 Å². The van der Waals surface area contributed by atoms with Gasteiger partial charge in [0.15, 0.2) is 6.17 Å². The topological polar surface area (TPSA) is 49.3 Å². The summed E-state index contributed by atoms with van der Waals surface area (Å²) in [6.45, 7) is 1.01. The van der Waals surface area contributed by atoms with Crippen molar-refractivity contribution in [1.82, 2.24) is 5.32 Å². The molecular formula is C7H10F3NO2. The zero-order valence-corrected chi connectivity index (χ0v) is 7.14. The Morgan fingerprint density at radius 3 is 2.08 bits per heavy atom. The molecule has 0 aliphatic rings. The van der Waals surface area contributed by atoms with Crippen LogP contribution in [-0.4, -0.2) is 30.7 Å². The van der Waals surface area contributed by atoms with E-state index in [-0.39, 0.29) is 0 Å². The first-order valence-electron chi connectivity index (χ1n) is 3.45. The van der Waals surface area contributed by atoms with E-state index in [9.17, 15) is 18.0 Å². The largest absolute Gasteiger partial charge is 0.477 e.